The van der Waals surface area contributed by atoms with Crippen LogP contribution in [0.1, 0.15) is 41.5 Å². The molecule has 0 bridgehead atoms. The van der Waals surface area contributed by atoms with Crippen LogP contribution in [0.5, 0.6) is 0 Å². The normalized spacial score (nSPS) is 37.6. The molecule has 0 aromatic carbocycles. The number of aliphatic hydroxyl groups is 5. The van der Waals surface area contributed by atoms with Gasteiger partial charge in [0.15, 0.2) is 43.3 Å². The van der Waals surface area contributed by atoms with Gasteiger partial charge in [-0.05, 0) is 0 Å². The molecule has 0 unspecified atom stereocenters. The summed E-state index contributed by atoms with van der Waals surface area (Å²) in [5.41, 5.74) is 0. The Morgan fingerprint density at radius 2 is 0.846 bits per heavy atom. The van der Waals surface area contributed by atoms with Gasteiger partial charge in [0.1, 0.15) is 62.0 Å². The van der Waals surface area contributed by atoms with E-state index in [4.69, 9.17) is 52.1 Å². The zero-order valence-corrected chi connectivity index (χ0v) is 29.0. The molecule has 22 nitrogen and oxygen atoms in total. The molecule has 0 amide bonds. The predicted molar refractivity (Wildman–Crippen MR) is 159 cm³/mol. The summed E-state index contributed by atoms with van der Waals surface area (Å²) >= 11 is 0. The summed E-state index contributed by atoms with van der Waals surface area (Å²) in [6, 6.07) is 0. The lowest BCUT2D eigenvalue weighted by molar-refractivity contribution is -0.367. The Balaban J connectivity index is 1.76. The van der Waals surface area contributed by atoms with E-state index in [1.54, 1.807) is 0 Å². The van der Waals surface area contributed by atoms with Crippen LogP contribution >= 0.6 is 0 Å². The SMILES string of the molecule is CC(=O)OC[C@H]1O[C@@H](OC[C@H]2O[C@@H](O)[C@H](O[C@@H]3O[C@H](COC(C)=O)[C@@H](OC(C)=O)[C@H](OC(C)=O)[C@H]3O)[C@@H](O)[C@H]2O)[C@H](O)[C@@H](OC(C)=O)[C@@H]1OC(C)=O. The fraction of sp³-hybridized carbons (Fsp3) is 0.800. The molecule has 3 aliphatic heterocycles. The van der Waals surface area contributed by atoms with Crippen molar-refractivity contribution in [3.8, 4) is 0 Å². The van der Waals surface area contributed by atoms with Gasteiger partial charge < -0.3 is 77.6 Å². The van der Waals surface area contributed by atoms with Gasteiger partial charge >= 0.3 is 35.8 Å². The number of aliphatic hydroxyl groups excluding tert-OH is 5. The summed E-state index contributed by atoms with van der Waals surface area (Å²) in [5, 5.41) is 54.7. The van der Waals surface area contributed by atoms with Gasteiger partial charge in [-0.25, -0.2) is 0 Å². The molecule has 5 N–H and O–H groups in total. The van der Waals surface area contributed by atoms with Gasteiger partial charge in [-0.15, -0.1) is 0 Å². The van der Waals surface area contributed by atoms with Gasteiger partial charge in [-0.3, -0.25) is 28.8 Å². The molecule has 3 saturated heterocycles. The molecule has 3 heterocycles. The summed E-state index contributed by atoms with van der Waals surface area (Å²) in [6.45, 7) is 4.41. The van der Waals surface area contributed by atoms with Crippen LogP contribution in [0.3, 0.4) is 0 Å². The average Bonchev–Trinajstić information content (AvgIpc) is 3.03. The Morgan fingerprint density at radius 3 is 1.27 bits per heavy atom. The highest BCUT2D eigenvalue weighted by Crippen LogP contribution is 2.33. The van der Waals surface area contributed by atoms with Crippen LogP contribution in [0.25, 0.3) is 0 Å². The number of rotatable bonds is 13. The van der Waals surface area contributed by atoms with Crippen molar-refractivity contribution >= 4 is 35.8 Å². The topological polar surface area (TPSA) is 305 Å². The van der Waals surface area contributed by atoms with E-state index in [1.165, 1.54) is 0 Å². The van der Waals surface area contributed by atoms with E-state index >= 15 is 0 Å². The number of carbonyl (C=O) groups is 6. The maximum absolute atomic E-state index is 11.9. The van der Waals surface area contributed by atoms with Crippen LogP contribution in [0.15, 0.2) is 0 Å². The van der Waals surface area contributed by atoms with E-state index < -0.39 is 148 Å². The van der Waals surface area contributed by atoms with Crippen LogP contribution in [0.4, 0.5) is 0 Å². The van der Waals surface area contributed by atoms with Gasteiger partial charge in [-0.2, -0.15) is 0 Å². The molecule has 3 rings (SSSR count). The van der Waals surface area contributed by atoms with Crippen molar-refractivity contribution in [1.82, 2.24) is 0 Å². The Labute approximate surface area is 295 Å². The van der Waals surface area contributed by atoms with Crippen LogP contribution in [-0.2, 0) is 80.9 Å². The Bertz CT molecular complexity index is 1270. The summed E-state index contributed by atoms with van der Waals surface area (Å²) in [4.78, 5) is 70.2. The molecule has 0 saturated carbocycles. The van der Waals surface area contributed by atoms with E-state index in [-0.39, 0.29) is 0 Å². The number of esters is 6. The van der Waals surface area contributed by atoms with E-state index in [0.717, 1.165) is 41.5 Å². The minimum atomic E-state index is -2.08. The van der Waals surface area contributed by atoms with Crippen molar-refractivity contribution in [3.63, 3.8) is 0 Å². The fourth-order valence-electron chi connectivity index (χ4n) is 5.58. The molecule has 296 valence electrons. The quantitative estimate of drug-likeness (QED) is 0.0880. The maximum atomic E-state index is 11.9. The summed E-state index contributed by atoms with van der Waals surface area (Å²) in [7, 11) is 0. The number of ether oxygens (including phenoxy) is 11. The lowest BCUT2D eigenvalue weighted by Gasteiger charge is -2.46. The Kier molecular flexibility index (Phi) is 15.6. The molecule has 0 aliphatic carbocycles. The zero-order chi connectivity index (χ0) is 39.0. The van der Waals surface area contributed by atoms with Crippen LogP contribution < -0.4 is 0 Å². The van der Waals surface area contributed by atoms with Gasteiger partial charge in [0.25, 0.3) is 0 Å². The van der Waals surface area contributed by atoms with Gasteiger partial charge in [0.2, 0.25) is 0 Å². The Hall–Kier alpha value is -3.58. The second-order valence-electron chi connectivity index (χ2n) is 11.9. The van der Waals surface area contributed by atoms with Gasteiger partial charge in [-0.1, -0.05) is 0 Å². The molecular formula is C30H44O22. The first-order chi connectivity index (χ1) is 24.3. The number of hydrogen-bond donors (Lipinski definition) is 5. The molecule has 15 atom stereocenters. The summed E-state index contributed by atoms with van der Waals surface area (Å²) in [6.07, 6.45) is -25.7. The molecular weight excluding hydrogens is 712 g/mol. The summed E-state index contributed by atoms with van der Waals surface area (Å²) < 4.78 is 58.4. The first-order valence-electron chi connectivity index (χ1n) is 15.9. The molecule has 0 radical (unpaired) electrons. The third-order valence-corrected chi connectivity index (χ3v) is 7.72. The molecule has 0 aromatic heterocycles. The van der Waals surface area contributed by atoms with Crippen molar-refractivity contribution in [2.75, 3.05) is 19.8 Å². The Morgan fingerprint density at radius 1 is 0.442 bits per heavy atom. The highest BCUT2D eigenvalue weighted by Gasteiger charge is 2.55. The molecule has 0 aromatic rings. The monoisotopic (exact) mass is 756 g/mol. The highest BCUT2D eigenvalue weighted by atomic mass is 16.8. The second kappa shape index (κ2) is 19.0. The third kappa shape index (κ3) is 11.5. The molecule has 22 heteroatoms. The van der Waals surface area contributed by atoms with Gasteiger partial charge in [0, 0.05) is 41.5 Å². The number of hydrogen-bond acceptors (Lipinski definition) is 22. The fourth-order valence-corrected chi connectivity index (χ4v) is 5.58. The first-order valence-corrected chi connectivity index (χ1v) is 15.9. The summed E-state index contributed by atoms with van der Waals surface area (Å²) in [5.74, 6) is -5.03. The van der Waals surface area contributed by atoms with Crippen molar-refractivity contribution < 1.29 is 106 Å². The third-order valence-electron chi connectivity index (χ3n) is 7.72. The minimum Gasteiger partial charge on any atom is -0.463 e. The van der Waals surface area contributed by atoms with Crippen molar-refractivity contribution in [2.45, 2.75) is 134 Å². The van der Waals surface area contributed by atoms with E-state index in [2.05, 4.69) is 0 Å². The number of carbonyl (C=O) groups excluding carboxylic acids is 6. The molecule has 3 fully saturated rings. The predicted octanol–water partition coefficient (Wildman–Crippen LogP) is -4.15. The standard InChI is InChI=1S/C30H44O22/c1-10(31)42-8-17-23(45-12(3)33)25(47-14(5)35)21(39)29(50-17)44-7-16-19(37)20(38)27(28(41)49-16)52-30-22(40)26(48-15(6)36)24(46-13(4)34)18(51-30)9-43-11(2)32/h16-30,37-41H,7-9H2,1-6H3/t16-,17-,18-,19+,20+,21-,22-,23-,24-,25-,26-,27-,28-,29-,30+/m1/s1. The minimum absolute atomic E-state index is 0.534. The van der Waals surface area contributed by atoms with E-state index in [0.29, 0.717) is 0 Å². The van der Waals surface area contributed by atoms with Gasteiger partial charge in [0.05, 0.1) is 6.61 Å². The van der Waals surface area contributed by atoms with E-state index in [1.807, 2.05) is 0 Å². The average molecular weight is 757 g/mol. The zero-order valence-electron chi connectivity index (χ0n) is 29.0. The largest absolute Gasteiger partial charge is 0.463 e. The van der Waals surface area contributed by atoms with Crippen molar-refractivity contribution in [2.24, 2.45) is 0 Å². The maximum Gasteiger partial charge on any atom is 0.303 e. The first kappa shape index (κ1) is 42.8. The van der Waals surface area contributed by atoms with E-state index in [9.17, 15) is 54.3 Å². The van der Waals surface area contributed by atoms with Crippen LogP contribution in [0, 0.1) is 0 Å². The van der Waals surface area contributed by atoms with Crippen LogP contribution in [0.2, 0.25) is 0 Å². The lowest BCUT2D eigenvalue weighted by atomic mass is 9.96. The van der Waals surface area contributed by atoms with Crippen LogP contribution in [-0.4, -0.2) is 173 Å². The molecule has 3 aliphatic rings. The van der Waals surface area contributed by atoms with Crippen molar-refractivity contribution in [1.29, 1.82) is 0 Å². The van der Waals surface area contributed by atoms with Crippen molar-refractivity contribution in [3.05, 3.63) is 0 Å². The highest BCUT2D eigenvalue weighted by molar-refractivity contribution is 5.68. The second-order valence-corrected chi connectivity index (χ2v) is 11.9. The lowest BCUT2D eigenvalue weighted by Crippen LogP contribution is -2.66. The molecule has 0 spiro atoms. The molecule has 52 heavy (non-hydrogen) atoms. The smallest absolute Gasteiger partial charge is 0.303 e.